The predicted molar refractivity (Wildman–Crippen MR) is 43.4 cm³/mol. The number of epoxide rings is 1. The first kappa shape index (κ1) is 8.65. The van der Waals surface area contributed by atoms with Crippen LogP contribution in [0.25, 0.3) is 0 Å². The number of benzene rings is 1. The largest absolute Gasteiger partial charge is 0.368 e. The van der Waals surface area contributed by atoms with E-state index in [1.54, 1.807) is 12.1 Å². The lowest BCUT2D eigenvalue weighted by Gasteiger charge is -1.96. The van der Waals surface area contributed by atoms with Gasteiger partial charge in [0.05, 0.1) is 11.5 Å². The number of halogens is 1. The Morgan fingerprint density at radius 2 is 1.85 bits per heavy atom. The van der Waals surface area contributed by atoms with E-state index in [-0.39, 0.29) is 11.0 Å². The molecule has 1 atom stereocenters. The van der Waals surface area contributed by atoms with Crippen LogP contribution < -0.4 is 0 Å². The van der Waals surface area contributed by atoms with Crippen LogP contribution in [0.1, 0.15) is 11.7 Å². The van der Waals surface area contributed by atoms with E-state index in [0.717, 1.165) is 5.56 Å². The Kier molecular flexibility index (Phi) is 1.85. The molecule has 0 radical (unpaired) electrons. The van der Waals surface area contributed by atoms with Gasteiger partial charge in [-0.1, -0.05) is 12.1 Å². The van der Waals surface area contributed by atoms with Gasteiger partial charge < -0.3 is 4.74 Å². The fourth-order valence-corrected chi connectivity index (χ4v) is 1.55. The van der Waals surface area contributed by atoms with Crippen molar-refractivity contribution in [1.82, 2.24) is 0 Å². The predicted octanol–water partition coefficient (Wildman–Crippen LogP) is 1.42. The molecule has 2 rings (SSSR count). The normalized spacial score (nSPS) is 21.5. The molecule has 1 unspecified atom stereocenters. The maximum absolute atomic E-state index is 12.4. The molecule has 0 spiro atoms. The molecule has 70 valence electrons. The van der Waals surface area contributed by atoms with E-state index >= 15 is 0 Å². The van der Waals surface area contributed by atoms with Crippen molar-refractivity contribution in [2.75, 3.05) is 6.61 Å². The average molecular weight is 202 g/mol. The molecule has 13 heavy (non-hydrogen) atoms. The Bertz CT molecular complexity index is 406. The second-order valence-corrected chi connectivity index (χ2v) is 4.18. The first-order valence-corrected chi connectivity index (χ1v) is 5.12. The summed E-state index contributed by atoms with van der Waals surface area (Å²) in [5, 5.41) is 0. The minimum Gasteiger partial charge on any atom is -0.368 e. The van der Waals surface area contributed by atoms with Gasteiger partial charge >= 0.3 is 10.2 Å². The average Bonchev–Trinajstić information content (AvgIpc) is 2.85. The van der Waals surface area contributed by atoms with Crippen molar-refractivity contribution < 1.29 is 17.0 Å². The lowest BCUT2D eigenvalue weighted by atomic mass is 10.2. The molecule has 3 nitrogen and oxygen atoms in total. The van der Waals surface area contributed by atoms with Gasteiger partial charge in [0.2, 0.25) is 0 Å². The minimum absolute atomic E-state index is 0.0661. The van der Waals surface area contributed by atoms with Crippen LogP contribution in [0.15, 0.2) is 29.2 Å². The molecule has 1 saturated heterocycles. The Morgan fingerprint density at radius 1 is 1.31 bits per heavy atom. The molecule has 0 saturated carbocycles. The highest BCUT2D eigenvalue weighted by molar-refractivity contribution is 7.86. The molecule has 0 bridgehead atoms. The molecule has 1 aliphatic rings. The number of hydrogen-bond acceptors (Lipinski definition) is 3. The summed E-state index contributed by atoms with van der Waals surface area (Å²) in [6.45, 7) is 0.654. The van der Waals surface area contributed by atoms with E-state index in [4.69, 9.17) is 4.74 Å². The Hall–Kier alpha value is -0.940. The summed E-state index contributed by atoms with van der Waals surface area (Å²) in [7, 11) is -4.57. The number of ether oxygens (including phenoxy) is 1. The summed E-state index contributed by atoms with van der Waals surface area (Å²) >= 11 is 0. The zero-order valence-electron chi connectivity index (χ0n) is 6.60. The summed E-state index contributed by atoms with van der Waals surface area (Å²) < 4.78 is 38.3. The monoisotopic (exact) mass is 202 g/mol. The maximum atomic E-state index is 12.4. The third kappa shape index (κ3) is 1.87. The molecule has 1 aliphatic heterocycles. The highest BCUT2D eigenvalue weighted by Gasteiger charge is 2.24. The molecule has 0 aromatic heterocycles. The van der Waals surface area contributed by atoms with Crippen molar-refractivity contribution in [1.29, 1.82) is 0 Å². The van der Waals surface area contributed by atoms with E-state index in [1.807, 2.05) is 0 Å². The van der Waals surface area contributed by atoms with E-state index < -0.39 is 10.2 Å². The van der Waals surface area contributed by atoms with Gasteiger partial charge in [0.1, 0.15) is 6.10 Å². The van der Waals surface area contributed by atoms with E-state index in [0.29, 0.717) is 6.61 Å². The van der Waals surface area contributed by atoms with Crippen LogP contribution in [-0.4, -0.2) is 15.0 Å². The molecule has 1 heterocycles. The number of hydrogen-bond donors (Lipinski definition) is 0. The quantitative estimate of drug-likeness (QED) is 0.538. The highest BCUT2D eigenvalue weighted by Crippen LogP contribution is 2.30. The van der Waals surface area contributed by atoms with Crippen LogP contribution in [0.5, 0.6) is 0 Å². The lowest BCUT2D eigenvalue weighted by Crippen LogP contribution is -1.91. The van der Waals surface area contributed by atoms with Crippen molar-refractivity contribution in [2.45, 2.75) is 11.0 Å². The number of rotatable bonds is 2. The van der Waals surface area contributed by atoms with Crippen molar-refractivity contribution in [2.24, 2.45) is 0 Å². The van der Waals surface area contributed by atoms with Gasteiger partial charge in [0.15, 0.2) is 0 Å². The van der Waals surface area contributed by atoms with Gasteiger partial charge in [0, 0.05) is 0 Å². The van der Waals surface area contributed by atoms with Crippen molar-refractivity contribution >= 4 is 10.2 Å². The fraction of sp³-hybridized carbons (Fsp3) is 0.250. The molecule has 0 aliphatic carbocycles. The van der Waals surface area contributed by atoms with E-state index in [1.165, 1.54) is 12.1 Å². The summed E-state index contributed by atoms with van der Waals surface area (Å²) in [5.41, 5.74) is 0.882. The maximum Gasteiger partial charge on any atom is 0.332 e. The summed E-state index contributed by atoms with van der Waals surface area (Å²) in [4.78, 5) is -0.308. The first-order valence-electron chi connectivity index (χ1n) is 3.73. The molecule has 1 aromatic carbocycles. The van der Waals surface area contributed by atoms with Crippen LogP contribution in [0.4, 0.5) is 3.89 Å². The van der Waals surface area contributed by atoms with Crippen LogP contribution >= 0.6 is 0 Å². The van der Waals surface area contributed by atoms with Crippen molar-refractivity contribution in [3.63, 3.8) is 0 Å². The second kappa shape index (κ2) is 2.78. The molecular weight excluding hydrogens is 195 g/mol. The van der Waals surface area contributed by atoms with Crippen LogP contribution in [0.3, 0.4) is 0 Å². The van der Waals surface area contributed by atoms with Gasteiger partial charge in [-0.3, -0.25) is 0 Å². The van der Waals surface area contributed by atoms with Gasteiger partial charge in [-0.05, 0) is 17.7 Å². The fourth-order valence-electron chi connectivity index (χ4n) is 1.09. The van der Waals surface area contributed by atoms with Crippen LogP contribution in [0, 0.1) is 0 Å². The third-order valence-corrected chi connectivity index (χ3v) is 2.70. The van der Waals surface area contributed by atoms with Crippen LogP contribution in [-0.2, 0) is 15.0 Å². The summed E-state index contributed by atoms with van der Waals surface area (Å²) in [6, 6.07) is 5.60. The summed E-state index contributed by atoms with van der Waals surface area (Å²) in [6.07, 6.45) is 0.0661. The Balaban J connectivity index is 2.33. The zero-order valence-corrected chi connectivity index (χ0v) is 7.42. The highest BCUT2D eigenvalue weighted by atomic mass is 32.3. The molecule has 0 amide bonds. The molecule has 0 N–H and O–H groups in total. The topological polar surface area (TPSA) is 46.7 Å². The van der Waals surface area contributed by atoms with Gasteiger partial charge in [-0.25, -0.2) is 0 Å². The van der Waals surface area contributed by atoms with Gasteiger partial charge in [-0.2, -0.15) is 8.42 Å². The van der Waals surface area contributed by atoms with Crippen molar-refractivity contribution in [3.8, 4) is 0 Å². The third-order valence-electron chi connectivity index (χ3n) is 1.87. The lowest BCUT2D eigenvalue weighted by molar-refractivity contribution is 0.415. The zero-order chi connectivity index (χ0) is 9.47. The van der Waals surface area contributed by atoms with Crippen molar-refractivity contribution in [3.05, 3.63) is 29.8 Å². The van der Waals surface area contributed by atoms with Gasteiger partial charge in [-0.15, -0.1) is 3.89 Å². The van der Waals surface area contributed by atoms with Crippen LogP contribution in [0.2, 0.25) is 0 Å². The first-order chi connectivity index (χ1) is 6.07. The van der Waals surface area contributed by atoms with E-state index in [2.05, 4.69) is 0 Å². The molecular formula is C8H7FO3S. The second-order valence-electron chi connectivity index (χ2n) is 2.83. The SMILES string of the molecule is O=S(=O)(F)c1ccc(C2CO2)cc1. The standard InChI is InChI=1S/C8H7FO3S/c9-13(10,11)7-3-1-6(2-4-7)8-5-12-8/h1-4,8H,5H2. The Labute approximate surface area is 75.4 Å². The van der Waals surface area contributed by atoms with E-state index in [9.17, 15) is 12.3 Å². The molecule has 5 heteroatoms. The Morgan fingerprint density at radius 3 is 2.23 bits per heavy atom. The van der Waals surface area contributed by atoms with Gasteiger partial charge in [0.25, 0.3) is 0 Å². The smallest absolute Gasteiger partial charge is 0.332 e. The minimum atomic E-state index is -4.57. The molecule has 1 aromatic rings. The summed E-state index contributed by atoms with van der Waals surface area (Å²) in [5.74, 6) is 0. The molecule has 1 fully saturated rings.